The molecule has 0 aromatic carbocycles. The molecule has 368 valence electrons. The minimum absolute atomic E-state index is 0.0452. The molecule has 0 radical (unpaired) electrons. The third-order valence-corrected chi connectivity index (χ3v) is 10.4. The number of carbonyl (C=O) groups excluding carboxylic acids is 2. The summed E-state index contributed by atoms with van der Waals surface area (Å²) < 4.78 is 17.1. The Hall–Kier alpha value is -3.20. The molecule has 4 N–H and O–H groups in total. The van der Waals surface area contributed by atoms with Crippen molar-refractivity contribution in [3.8, 4) is 38.0 Å². The normalized spacial score (nSPS) is 27.2. The summed E-state index contributed by atoms with van der Waals surface area (Å²) in [5.41, 5.74) is 2.33. The van der Waals surface area contributed by atoms with Crippen LogP contribution in [0.5, 0.6) is 0 Å². The van der Waals surface area contributed by atoms with Gasteiger partial charge in [0.05, 0.1) is 25.4 Å². The summed E-state index contributed by atoms with van der Waals surface area (Å²) in [6.07, 6.45) is 41.0. The second-order valence-electron chi connectivity index (χ2n) is 16.4. The summed E-state index contributed by atoms with van der Waals surface area (Å²) in [6.45, 7) is 30.3. The van der Waals surface area contributed by atoms with E-state index in [0.29, 0.717) is 62.4 Å². The highest BCUT2D eigenvalue weighted by atomic mass is 16.6. The van der Waals surface area contributed by atoms with Crippen molar-refractivity contribution in [3.05, 3.63) is 36.0 Å². The molecule has 63 heavy (non-hydrogen) atoms. The average Bonchev–Trinajstić information content (AvgIpc) is 3.29. The predicted molar refractivity (Wildman–Crippen MR) is 270 cm³/mol. The highest BCUT2D eigenvalue weighted by Gasteiger charge is 2.24. The van der Waals surface area contributed by atoms with Crippen LogP contribution in [-0.4, -0.2) is 86.6 Å². The van der Waals surface area contributed by atoms with Gasteiger partial charge in [-0.3, -0.25) is 4.79 Å². The van der Waals surface area contributed by atoms with Crippen LogP contribution in [0.3, 0.4) is 0 Å². The molecular formula is C54H99NO8. The van der Waals surface area contributed by atoms with Crippen molar-refractivity contribution in [1.29, 1.82) is 0 Å². The number of terminal acetylenes is 3. The number of esters is 1. The summed E-state index contributed by atoms with van der Waals surface area (Å²) in [4.78, 5) is 23.6. The van der Waals surface area contributed by atoms with Crippen molar-refractivity contribution >= 4 is 12.3 Å². The number of carbonyl (C=O) groups is 2. The minimum Gasteiger partial charge on any atom is -0.465 e. The molecule has 9 atom stereocenters. The molecule has 0 aromatic heterocycles. The van der Waals surface area contributed by atoms with E-state index in [1.54, 1.807) is 0 Å². The van der Waals surface area contributed by atoms with Gasteiger partial charge >= 0.3 is 5.97 Å². The molecule has 1 saturated heterocycles. The molecule has 2 fully saturated rings. The first kappa shape index (κ1) is 71.4. The Bertz CT molecular complexity index is 1180. The van der Waals surface area contributed by atoms with Gasteiger partial charge in [-0.1, -0.05) is 111 Å². The van der Waals surface area contributed by atoms with Crippen LogP contribution in [0.4, 0.5) is 0 Å². The molecule has 3 aliphatic rings. The molecule has 1 unspecified atom stereocenters. The Kier molecular flexibility index (Phi) is 56.5. The molecular weight excluding hydrogens is 791 g/mol. The topological polar surface area (TPSA) is 135 Å². The summed E-state index contributed by atoms with van der Waals surface area (Å²) in [7, 11) is 3.91. The van der Waals surface area contributed by atoms with E-state index in [9.17, 15) is 9.59 Å². The lowest BCUT2D eigenvalue weighted by Gasteiger charge is -2.30. The number of hydrogen-bond acceptors (Lipinski definition) is 9. The lowest BCUT2D eigenvalue weighted by molar-refractivity contribution is -0.163. The molecule has 0 bridgehead atoms. The molecule has 0 amide bonds. The van der Waals surface area contributed by atoms with Crippen molar-refractivity contribution in [3.63, 3.8) is 0 Å². The van der Waals surface area contributed by atoms with E-state index in [4.69, 9.17) is 36.0 Å². The van der Waals surface area contributed by atoms with Crippen molar-refractivity contribution in [2.75, 3.05) is 34.5 Å². The Morgan fingerprint density at radius 3 is 1.97 bits per heavy atom. The predicted octanol–water partition coefficient (Wildman–Crippen LogP) is 11.2. The number of hydrogen-bond donors (Lipinski definition) is 4. The quantitative estimate of drug-likeness (QED) is 0.107. The van der Waals surface area contributed by atoms with Gasteiger partial charge in [-0.2, -0.15) is 0 Å². The number of nitrogens with one attached hydrogen (secondary N) is 1. The molecule has 0 spiro atoms. The first-order valence-electron chi connectivity index (χ1n) is 23.4. The fourth-order valence-corrected chi connectivity index (χ4v) is 7.22. The van der Waals surface area contributed by atoms with Gasteiger partial charge in [0.15, 0.2) is 6.29 Å². The SMILES string of the molecule is C#C.C#C.C#CC(C)(C)CCC.C=C1/C=C/C(C)=C/[C@H](COC2CCC[C@@H](C)C2)COC(=O)CC[C@H](C)C[C@@H](CC=O)C[C@H]1C.CC.CC.CN[C@H]1C[C@@H](C)O[C@@H](O)C1.CO.CO. The van der Waals surface area contributed by atoms with Gasteiger partial charge in [-0.15, -0.1) is 38.0 Å². The summed E-state index contributed by atoms with van der Waals surface area (Å²) in [5.74, 6) is 4.38. The third kappa shape index (κ3) is 42.5. The molecule has 9 nitrogen and oxygen atoms in total. The van der Waals surface area contributed by atoms with Crippen LogP contribution in [-0.2, 0) is 23.8 Å². The zero-order valence-electron chi connectivity index (χ0n) is 43.1. The van der Waals surface area contributed by atoms with Crippen molar-refractivity contribution < 1.29 is 39.1 Å². The lowest BCUT2D eigenvalue weighted by atomic mass is 9.82. The number of ether oxygens (including phenoxy) is 3. The summed E-state index contributed by atoms with van der Waals surface area (Å²) >= 11 is 0. The molecule has 3 rings (SSSR count). The maximum Gasteiger partial charge on any atom is 0.305 e. The number of allylic oxidation sites excluding steroid dienone is 4. The number of rotatable bonds is 8. The van der Waals surface area contributed by atoms with Crippen LogP contribution in [0.15, 0.2) is 36.0 Å². The monoisotopic (exact) mass is 890 g/mol. The Labute approximate surface area is 390 Å². The summed E-state index contributed by atoms with van der Waals surface area (Å²) in [6, 6.07) is 0.416. The fourth-order valence-electron chi connectivity index (χ4n) is 7.22. The first-order chi connectivity index (χ1) is 30.1. The third-order valence-electron chi connectivity index (χ3n) is 10.4. The Morgan fingerprint density at radius 1 is 0.921 bits per heavy atom. The van der Waals surface area contributed by atoms with E-state index >= 15 is 0 Å². The van der Waals surface area contributed by atoms with Crippen molar-refractivity contribution in [2.45, 2.75) is 191 Å². The number of aliphatic hydroxyl groups is 3. The molecule has 9 heteroatoms. The second kappa shape index (κ2) is 49.8. The van der Waals surface area contributed by atoms with Gasteiger partial charge in [-0.05, 0) is 103 Å². The van der Waals surface area contributed by atoms with Crippen molar-refractivity contribution in [1.82, 2.24) is 5.32 Å². The largest absolute Gasteiger partial charge is 0.465 e. The van der Waals surface area contributed by atoms with Gasteiger partial charge in [0.1, 0.15) is 6.29 Å². The van der Waals surface area contributed by atoms with Crippen LogP contribution in [0, 0.1) is 73.0 Å². The van der Waals surface area contributed by atoms with Gasteiger partial charge in [0.2, 0.25) is 0 Å². The zero-order chi connectivity index (χ0) is 50.4. The fraction of sp³-hybridized carbons (Fsp3) is 0.741. The lowest BCUT2D eigenvalue weighted by Crippen LogP contribution is -2.40. The van der Waals surface area contributed by atoms with Crippen molar-refractivity contribution in [2.24, 2.45) is 35.0 Å². The van der Waals surface area contributed by atoms with E-state index < -0.39 is 6.29 Å². The average molecular weight is 890 g/mol. The first-order valence-corrected chi connectivity index (χ1v) is 23.4. The molecule has 2 aliphatic heterocycles. The maximum absolute atomic E-state index is 12.4. The van der Waals surface area contributed by atoms with E-state index in [0.717, 1.165) is 82.5 Å². The van der Waals surface area contributed by atoms with E-state index in [2.05, 4.69) is 110 Å². The maximum atomic E-state index is 12.4. The van der Waals surface area contributed by atoms with E-state index in [-0.39, 0.29) is 23.4 Å². The molecule has 0 aromatic rings. The van der Waals surface area contributed by atoms with E-state index in [1.165, 1.54) is 19.3 Å². The minimum atomic E-state index is -0.568. The van der Waals surface area contributed by atoms with E-state index in [1.807, 2.05) is 41.7 Å². The highest BCUT2D eigenvalue weighted by Crippen LogP contribution is 2.29. The van der Waals surface area contributed by atoms with Crippen LogP contribution in [0.2, 0.25) is 0 Å². The number of cyclic esters (lactones) is 1. The Balaban J connectivity index is -0.000000221. The number of aliphatic hydroxyl groups excluding tert-OH is 3. The Morgan fingerprint density at radius 2 is 1.49 bits per heavy atom. The van der Waals surface area contributed by atoms with Gasteiger partial charge < -0.3 is 39.6 Å². The smallest absolute Gasteiger partial charge is 0.305 e. The second-order valence-corrected chi connectivity index (χ2v) is 16.4. The molecule has 1 saturated carbocycles. The highest BCUT2D eigenvalue weighted by molar-refractivity contribution is 5.69. The van der Waals surface area contributed by atoms with Crippen LogP contribution >= 0.6 is 0 Å². The standard InChI is InChI=1S/C29H46O4.C8H14.C7H15NO2.2C2H6.2C2H2.2CH4O/c1-21-7-6-8-28(17-21)32-19-27-16-22(2)9-11-24(4)25(5)18-26(13-14-30)15-23(3)10-12-29(31)33-20-27;1-5-7-8(3,4)6-2;1-5-3-6(8-2)4-7(9)10-5;6*1-2/h9,11,14,16,21,23,25-28H,4,6-8,10,12-13,15,17-20H2,1-3,5H3;2H,5,7H2,1,3-4H3;5-9H,3-4H2,1-2H3;2*1-2H3;2*1-2H;2*2H,1H3/b11-9+,22-16+;;;;;;;;/t21-,23+,25-,26-,27-,28?;;5-,6+,7-;;;;;;/m1.1....../s1. The molecule has 2 heterocycles. The van der Waals surface area contributed by atoms with Crippen LogP contribution in [0.25, 0.3) is 0 Å². The molecule has 1 aliphatic carbocycles. The van der Waals surface area contributed by atoms with Gasteiger partial charge in [-0.25, -0.2) is 0 Å². The van der Waals surface area contributed by atoms with Gasteiger partial charge in [0.25, 0.3) is 0 Å². The van der Waals surface area contributed by atoms with Crippen LogP contribution < -0.4 is 5.32 Å². The number of aldehydes is 1. The van der Waals surface area contributed by atoms with Crippen LogP contribution in [0.1, 0.15) is 167 Å². The zero-order valence-corrected chi connectivity index (χ0v) is 43.1. The van der Waals surface area contributed by atoms with Gasteiger partial charge in [0, 0.05) is 50.9 Å². The summed E-state index contributed by atoms with van der Waals surface area (Å²) in [5, 5.41) is 26.2.